The van der Waals surface area contributed by atoms with Gasteiger partial charge >= 0.3 is 0 Å². The highest BCUT2D eigenvalue weighted by Crippen LogP contribution is 2.29. The third-order valence-electron chi connectivity index (χ3n) is 5.57. The van der Waals surface area contributed by atoms with Crippen LogP contribution >= 0.6 is 0 Å². The van der Waals surface area contributed by atoms with E-state index in [1.807, 2.05) is 32.0 Å². The van der Waals surface area contributed by atoms with Crippen LogP contribution in [0.15, 0.2) is 42.6 Å². The molecule has 0 radical (unpaired) electrons. The fraction of sp³-hybridized carbons (Fsp3) is 0.292. The van der Waals surface area contributed by atoms with E-state index in [4.69, 9.17) is 4.74 Å². The summed E-state index contributed by atoms with van der Waals surface area (Å²) in [5, 5.41) is 2.83. The number of pyridine rings is 1. The van der Waals surface area contributed by atoms with Crippen LogP contribution in [0.1, 0.15) is 29.9 Å². The number of ether oxygens (including phenoxy) is 1. The minimum Gasteiger partial charge on any atom is -0.481 e. The SMILES string of the molecule is CCN(CC)C(=O)COc1ccc(-c2cc(-c3cc4c([nH]3)CCNC4=O)ccn2)cc1F. The zero-order chi connectivity index (χ0) is 22.7. The Balaban J connectivity index is 1.53. The second-order valence-electron chi connectivity index (χ2n) is 7.51. The van der Waals surface area contributed by atoms with Gasteiger partial charge in [-0.1, -0.05) is 0 Å². The summed E-state index contributed by atoms with van der Waals surface area (Å²) < 4.78 is 20.0. The first-order valence-corrected chi connectivity index (χ1v) is 10.7. The van der Waals surface area contributed by atoms with Gasteiger partial charge in [-0.05, 0) is 50.2 Å². The first-order chi connectivity index (χ1) is 15.5. The minimum atomic E-state index is -0.561. The molecule has 32 heavy (non-hydrogen) atoms. The largest absolute Gasteiger partial charge is 0.481 e. The van der Waals surface area contributed by atoms with Crippen molar-refractivity contribution in [3.63, 3.8) is 0 Å². The summed E-state index contributed by atoms with van der Waals surface area (Å²) in [6.45, 7) is 5.33. The van der Waals surface area contributed by atoms with Gasteiger partial charge in [-0.2, -0.15) is 0 Å². The number of nitrogens with one attached hydrogen (secondary N) is 2. The first kappa shape index (κ1) is 21.5. The Labute approximate surface area is 185 Å². The molecule has 0 fully saturated rings. The lowest BCUT2D eigenvalue weighted by Crippen LogP contribution is -2.34. The Kier molecular flexibility index (Phi) is 6.20. The second kappa shape index (κ2) is 9.21. The highest BCUT2D eigenvalue weighted by molar-refractivity contribution is 5.97. The lowest BCUT2D eigenvalue weighted by molar-refractivity contribution is -0.133. The molecule has 8 heteroatoms. The Bertz CT molecular complexity index is 1150. The van der Waals surface area contributed by atoms with Crippen LogP contribution in [-0.2, 0) is 11.2 Å². The van der Waals surface area contributed by atoms with Crippen LogP contribution in [0.3, 0.4) is 0 Å². The fourth-order valence-corrected chi connectivity index (χ4v) is 3.79. The van der Waals surface area contributed by atoms with Gasteiger partial charge in [0.25, 0.3) is 11.8 Å². The van der Waals surface area contributed by atoms with Crippen LogP contribution in [0.5, 0.6) is 5.75 Å². The highest BCUT2D eigenvalue weighted by Gasteiger charge is 2.20. The van der Waals surface area contributed by atoms with Crippen LogP contribution in [0.2, 0.25) is 0 Å². The summed E-state index contributed by atoms with van der Waals surface area (Å²) in [6.07, 6.45) is 2.40. The summed E-state index contributed by atoms with van der Waals surface area (Å²) in [5.74, 6) is -0.808. The van der Waals surface area contributed by atoms with E-state index in [1.165, 1.54) is 12.1 Å². The number of likely N-dealkylation sites (N-methyl/N-ethyl adjacent to an activating group) is 1. The molecular formula is C24H25FN4O3. The van der Waals surface area contributed by atoms with Gasteiger partial charge in [0.05, 0.1) is 11.3 Å². The topological polar surface area (TPSA) is 87.3 Å². The van der Waals surface area contributed by atoms with E-state index in [9.17, 15) is 14.0 Å². The van der Waals surface area contributed by atoms with Crippen molar-refractivity contribution in [3.05, 3.63) is 59.7 Å². The summed E-state index contributed by atoms with van der Waals surface area (Å²) in [7, 11) is 0. The van der Waals surface area contributed by atoms with Gasteiger partial charge in [0, 0.05) is 54.8 Å². The number of aromatic nitrogens is 2. The van der Waals surface area contributed by atoms with E-state index >= 15 is 0 Å². The molecule has 3 heterocycles. The molecule has 1 aromatic carbocycles. The maximum absolute atomic E-state index is 14.6. The van der Waals surface area contributed by atoms with Crippen molar-refractivity contribution >= 4 is 11.8 Å². The summed E-state index contributed by atoms with van der Waals surface area (Å²) in [5.41, 5.74) is 4.39. The molecule has 2 N–H and O–H groups in total. The van der Waals surface area contributed by atoms with Crippen molar-refractivity contribution in [2.24, 2.45) is 0 Å². The van der Waals surface area contributed by atoms with Crippen LogP contribution in [0, 0.1) is 5.82 Å². The molecule has 1 aliphatic rings. The third-order valence-corrected chi connectivity index (χ3v) is 5.57. The third kappa shape index (κ3) is 4.34. The number of fused-ring (bicyclic) bond motifs is 1. The molecule has 0 unspecified atom stereocenters. The normalized spacial score (nSPS) is 12.8. The number of H-pyrrole nitrogens is 1. The second-order valence-corrected chi connectivity index (χ2v) is 7.51. The van der Waals surface area contributed by atoms with Crippen molar-refractivity contribution in [2.45, 2.75) is 20.3 Å². The monoisotopic (exact) mass is 436 g/mol. The molecule has 0 atom stereocenters. The molecule has 0 aliphatic carbocycles. The van der Waals surface area contributed by atoms with Gasteiger partial charge in [0.1, 0.15) is 0 Å². The Hall–Kier alpha value is -3.68. The van der Waals surface area contributed by atoms with Crippen LogP contribution in [0.4, 0.5) is 4.39 Å². The van der Waals surface area contributed by atoms with Crippen molar-refractivity contribution in [2.75, 3.05) is 26.2 Å². The lowest BCUT2D eigenvalue weighted by Gasteiger charge is -2.18. The molecule has 166 valence electrons. The van der Waals surface area contributed by atoms with Crippen molar-refractivity contribution < 1.29 is 18.7 Å². The Morgan fingerprint density at radius 2 is 1.97 bits per heavy atom. The smallest absolute Gasteiger partial charge is 0.260 e. The molecule has 0 bridgehead atoms. The first-order valence-electron chi connectivity index (χ1n) is 10.7. The summed E-state index contributed by atoms with van der Waals surface area (Å²) in [6, 6.07) is 10.1. The molecule has 2 amide bonds. The maximum Gasteiger partial charge on any atom is 0.260 e. The zero-order valence-electron chi connectivity index (χ0n) is 18.1. The van der Waals surface area contributed by atoms with Gasteiger partial charge in [0.15, 0.2) is 18.2 Å². The molecule has 4 rings (SSSR count). The average Bonchev–Trinajstić information content (AvgIpc) is 3.25. The number of halogens is 1. The fourth-order valence-electron chi connectivity index (χ4n) is 3.79. The standard InChI is InChI=1S/C24H25FN4O3/c1-3-29(4-2)23(30)14-32-22-6-5-15(11-18(22)25)20-12-16(7-9-26-20)21-13-17-19(28-21)8-10-27-24(17)31/h5-7,9,11-13,28H,3-4,8,10,14H2,1-2H3,(H,27,31). The zero-order valence-corrected chi connectivity index (χ0v) is 18.1. The Morgan fingerprint density at radius 1 is 1.16 bits per heavy atom. The van der Waals surface area contributed by atoms with E-state index in [-0.39, 0.29) is 24.2 Å². The van der Waals surface area contributed by atoms with E-state index in [0.29, 0.717) is 36.5 Å². The van der Waals surface area contributed by atoms with E-state index in [0.717, 1.165) is 23.4 Å². The van der Waals surface area contributed by atoms with Gasteiger partial charge in [-0.3, -0.25) is 14.6 Å². The number of rotatable bonds is 7. The van der Waals surface area contributed by atoms with Crippen molar-refractivity contribution in [1.29, 1.82) is 0 Å². The van der Waals surface area contributed by atoms with Crippen LogP contribution < -0.4 is 10.1 Å². The molecule has 2 aromatic heterocycles. The van der Waals surface area contributed by atoms with Crippen molar-refractivity contribution in [1.82, 2.24) is 20.2 Å². The number of hydrogen-bond donors (Lipinski definition) is 2. The molecule has 3 aromatic rings. The van der Waals surface area contributed by atoms with Gasteiger partial charge in [0.2, 0.25) is 0 Å². The Morgan fingerprint density at radius 3 is 2.69 bits per heavy atom. The van der Waals surface area contributed by atoms with E-state index < -0.39 is 5.82 Å². The molecule has 0 saturated heterocycles. The quantitative estimate of drug-likeness (QED) is 0.594. The number of hydrogen-bond acceptors (Lipinski definition) is 4. The average molecular weight is 436 g/mol. The van der Waals surface area contributed by atoms with Gasteiger partial charge in [-0.15, -0.1) is 0 Å². The van der Waals surface area contributed by atoms with Crippen LogP contribution in [-0.4, -0.2) is 52.9 Å². The maximum atomic E-state index is 14.6. The van der Waals surface area contributed by atoms with E-state index in [2.05, 4.69) is 15.3 Å². The molecule has 0 spiro atoms. The minimum absolute atomic E-state index is 0.0217. The van der Waals surface area contributed by atoms with Gasteiger partial charge < -0.3 is 19.9 Å². The van der Waals surface area contributed by atoms with E-state index in [1.54, 1.807) is 17.2 Å². The molecule has 0 saturated carbocycles. The summed E-state index contributed by atoms with van der Waals surface area (Å²) in [4.78, 5) is 33.4. The number of benzene rings is 1. The molecule has 1 aliphatic heterocycles. The number of carbonyl (C=O) groups is 2. The van der Waals surface area contributed by atoms with Crippen LogP contribution in [0.25, 0.3) is 22.5 Å². The predicted molar refractivity (Wildman–Crippen MR) is 119 cm³/mol. The number of carbonyl (C=O) groups excluding carboxylic acids is 2. The number of amides is 2. The number of aromatic amines is 1. The highest BCUT2D eigenvalue weighted by atomic mass is 19.1. The molecular weight excluding hydrogens is 411 g/mol. The van der Waals surface area contributed by atoms with Crippen molar-refractivity contribution in [3.8, 4) is 28.3 Å². The number of nitrogens with zero attached hydrogens (tertiary/aromatic N) is 2. The predicted octanol–water partition coefficient (Wildman–Crippen LogP) is 3.42. The molecule has 7 nitrogen and oxygen atoms in total. The van der Waals surface area contributed by atoms with Gasteiger partial charge in [-0.25, -0.2) is 4.39 Å². The lowest BCUT2D eigenvalue weighted by atomic mass is 10.1. The summed E-state index contributed by atoms with van der Waals surface area (Å²) >= 11 is 0.